The molecule has 1 rings (SSSR count). The molecular formula is C6HBrClF4NO3S. The maximum atomic E-state index is 13.1. The zero-order valence-electron chi connectivity index (χ0n) is 7.43. The molecule has 11 heteroatoms. The van der Waals surface area contributed by atoms with E-state index in [9.17, 15) is 26.0 Å². The largest absolute Gasteiger partial charge is 0.574 e. The van der Waals surface area contributed by atoms with Gasteiger partial charge in [0.1, 0.15) is 0 Å². The van der Waals surface area contributed by atoms with Gasteiger partial charge in [0.15, 0.2) is 4.90 Å². The van der Waals surface area contributed by atoms with Crippen LogP contribution in [-0.2, 0) is 9.05 Å². The van der Waals surface area contributed by atoms with Crippen molar-refractivity contribution in [2.75, 3.05) is 0 Å². The highest BCUT2D eigenvalue weighted by Crippen LogP contribution is 2.31. The molecule has 0 atom stereocenters. The molecule has 4 nitrogen and oxygen atoms in total. The molecule has 0 aromatic carbocycles. The van der Waals surface area contributed by atoms with Gasteiger partial charge in [-0.3, -0.25) is 0 Å². The van der Waals surface area contributed by atoms with E-state index < -0.39 is 36.6 Å². The summed E-state index contributed by atoms with van der Waals surface area (Å²) in [6.07, 6.45) is -5.07. The molecule has 1 aromatic heterocycles. The Morgan fingerprint density at radius 3 is 2.29 bits per heavy atom. The summed E-state index contributed by atoms with van der Waals surface area (Å²) in [6.45, 7) is 0. The predicted octanol–water partition coefficient (Wildman–Crippen LogP) is 2.81. The molecule has 1 heterocycles. The number of rotatable bonds is 2. The summed E-state index contributed by atoms with van der Waals surface area (Å²) < 4.78 is 73.0. The second kappa shape index (κ2) is 4.58. The van der Waals surface area contributed by atoms with E-state index >= 15 is 0 Å². The fourth-order valence-electron chi connectivity index (χ4n) is 0.840. The van der Waals surface area contributed by atoms with Crippen molar-refractivity contribution in [3.05, 3.63) is 16.5 Å². The van der Waals surface area contributed by atoms with Gasteiger partial charge in [-0.15, -0.1) is 13.2 Å². The Morgan fingerprint density at radius 2 is 1.94 bits per heavy atom. The highest BCUT2D eigenvalue weighted by Gasteiger charge is 2.33. The van der Waals surface area contributed by atoms with E-state index in [0.29, 0.717) is 6.07 Å². The fourth-order valence-corrected chi connectivity index (χ4v) is 3.10. The molecule has 96 valence electrons. The van der Waals surface area contributed by atoms with E-state index in [0.717, 1.165) is 0 Å². The topological polar surface area (TPSA) is 56.3 Å². The van der Waals surface area contributed by atoms with Gasteiger partial charge in [0.2, 0.25) is 11.8 Å². The van der Waals surface area contributed by atoms with Crippen LogP contribution in [-0.4, -0.2) is 19.8 Å². The molecular weight excluding hydrogens is 357 g/mol. The van der Waals surface area contributed by atoms with Crippen LogP contribution in [0.25, 0.3) is 0 Å². The molecule has 0 radical (unpaired) electrons. The first-order valence-corrected chi connectivity index (χ1v) is 6.67. The lowest BCUT2D eigenvalue weighted by atomic mass is 10.5. The third-order valence-corrected chi connectivity index (χ3v) is 3.55. The Balaban J connectivity index is 3.29. The van der Waals surface area contributed by atoms with Crippen LogP contribution in [0, 0.1) is 5.95 Å². The Labute approximate surface area is 105 Å². The minimum absolute atomic E-state index is 0.528. The van der Waals surface area contributed by atoms with Crippen molar-refractivity contribution in [1.82, 2.24) is 4.98 Å². The lowest BCUT2D eigenvalue weighted by molar-refractivity contribution is -0.276. The number of aromatic nitrogens is 1. The van der Waals surface area contributed by atoms with Crippen LogP contribution in [0.2, 0.25) is 0 Å². The lowest BCUT2D eigenvalue weighted by Gasteiger charge is -2.09. The monoisotopic (exact) mass is 357 g/mol. The van der Waals surface area contributed by atoms with E-state index in [1.165, 1.54) is 0 Å². The molecule has 0 aliphatic heterocycles. The second-order valence-electron chi connectivity index (χ2n) is 2.55. The molecule has 0 N–H and O–H groups in total. The predicted molar refractivity (Wildman–Crippen MR) is 51.6 cm³/mol. The van der Waals surface area contributed by atoms with Crippen LogP contribution >= 0.6 is 26.6 Å². The minimum Gasteiger partial charge on any atom is -0.388 e. The number of hydrogen-bond donors (Lipinski definition) is 0. The van der Waals surface area contributed by atoms with Crippen LogP contribution < -0.4 is 4.74 Å². The van der Waals surface area contributed by atoms with E-state index in [-0.39, 0.29) is 0 Å². The van der Waals surface area contributed by atoms with Crippen LogP contribution in [0.15, 0.2) is 15.4 Å². The Hall–Kier alpha value is -0.610. The average Bonchev–Trinajstić information content (AvgIpc) is 1.94. The molecule has 0 fully saturated rings. The Kier molecular flexibility index (Phi) is 3.89. The van der Waals surface area contributed by atoms with Crippen molar-refractivity contribution in [3.63, 3.8) is 0 Å². The summed E-state index contributed by atoms with van der Waals surface area (Å²) >= 11 is 2.55. The van der Waals surface area contributed by atoms with Gasteiger partial charge >= 0.3 is 6.36 Å². The van der Waals surface area contributed by atoms with Crippen molar-refractivity contribution < 1.29 is 30.7 Å². The molecule has 0 amide bonds. The highest BCUT2D eigenvalue weighted by molar-refractivity contribution is 9.10. The van der Waals surface area contributed by atoms with E-state index in [1.807, 2.05) is 0 Å². The normalized spacial score (nSPS) is 12.6. The summed E-state index contributed by atoms with van der Waals surface area (Å²) in [4.78, 5) is 1.62. The van der Waals surface area contributed by atoms with Gasteiger partial charge in [0.25, 0.3) is 9.05 Å². The number of nitrogens with zero attached hydrogens (tertiary/aromatic N) is 1. The summed E-state index contributed by atoms with van der Waals surface area (Å²) in [5.41, 5.74) is 0. The maximum Gasteiger partial charge on any atom is 0.574 e. The van der Waals surface area contributed by atoms with Crippen molar-refractivity contribution in [2.45, 2.75) is 11.3 Å². The molecule has 17 heavy (non-hydrogen) atoms. The van der Waals surface area contributed by atoms with Gasteiger partial charge in [-0.2, -0.15) is 9.37 Å². The number of halogens is 6. The van der Waals surface area contributed by atoms with Gasteiger partial charge < -0.3 is 4.74 Å². The van der Waals surface area contributed by atoms with Gasteiger partial charge in [0, 0.05) is 21.2 Å². The SMILES string of the molecule is O=S(=O)(Cl)c1c(Br)cc(OC(F)(F)F)nc1F. The maximum absolute atomic E-state index is 13.1. The molecule has 0 aliphatic carbocycles. The van der Waals surface area contributed by atoms with Crippen LogP contribution in [0.3, 0.4) is 0 Å². The molecule has 0 aliphatic rings. The second-order valence-corrected chi connectivity index (χ2v) is 5.91. The molecule has 0 bridgehead atoms. The number of alkyl halides is 3. The Bertz CT molecular complexity index is 524. The van der Waals surface area contributed by atoms with Gasteiger partial charge in [-0.1, -0.05) is 0 Å². The third kappa shape index (κ3) is 3.96. The standard InChI is InChI=1S/C6HBrClF4NO3S/c7-2-1-3(16-6(10,11)12)13-5(9)4(2)17(8,14)15/h1H. The van der Waals surface area contributed by atoms with E-state index in [2.05, 4.69) is 25.7 Å². The lowest BCUT2D eigenvalue weighted by Crippen LogP contribution is -2.18. The number of hydrogen-bond acceptors (Lipinski definition) is 4. The molecule has 0 saturated carbocycles. The third-order valence-electron chi connectivity index (χ3n) is 1.33. The molecule has 0 spiro atoms. The van der Waals surface area contributed by atoms with Crippen molar-refractivity contribution in [2.24, 2.45) is 0 Å². The summed E-state index contributed by atoms with van der Waals surface area (Å²) in [5, 5.41) is 0. The summed E-state index contributed by atoms with van der Waals surface area (Å²) in [6, 6.07) is 0.534. The van der Waals surface area contributed by atoms with E-state index in [4.69, 9.17) is 10.7 Å². The quantitative estimate of drug-likeness (QED) is 0.463. The summed E-state index contributed by atoms with van der Waals surface area (Å²) in [5.74, 6) is -2.85. The van der Waals surface area contributed by atoms with Crippen molar-refractivity contribution >= 4 is 35.7 Å². The van der Waals surface area contributed by atoms with Gasteiger partial charge in [0.05, 0.1) is 0 Å². The number of ether oxygens (including phenoxy) is 1. The van der Waals surface area contributed by atoms with Crippen molar-refractivity contribution in [3.8, 4) is 5.88 Å². The highest BCUT2D eigenvalue weighted by atomic mass is 79.9. The number of pyridine rings is 1. The van der Waals surface area contributed by atoms with Crippen molar-refractivity contribution in [1.29, 1.82) is 0 Å². The summed E-state index contributed by atoms with van der Waals surface area (Å²) in [7, 11) is 0.380. The zero-order chi connectivity index (χ0) is 13.4. The fraction of sp³-hybridized carbons (Fsp3) is 0.167. The Morgan fingerprint density at radius 1 is 1.41 bits per heavy atom. The molecule has 0 unspecified atom stereocenters. The zero-order valence-corrected chi connectivity index (χ0v) is 10.6. The first kappa shape index (κ1) is 14.5. The average molecular weight is 358 g/mol. The minimum atomic E-state index is -5.07. The van der Waals surface area contributed by atoms with E-state index in [1.54, 1.807) is 0 Å². The van der Waals surface area contributed by atoms with Gasteiger partial charge in [-0.05, 0) is 15.9 Å². The molecule has 0 saturated heterocycles. The molecule has 1 aromatic rings. The first-order valence-electron chi connectivity index (χ1n) is 3.57. The van der Waals surface area contributed by atoms with Crippen LogP contribution in [0.4, 0.5) is 17.6 Å². The smallest absolute Gasteiger partial charge is 0.388 e. The van der Waals surface area contributed by atoms with Crippen LogP contribution in [0.1, 0.15) is 0 Å². The first-order chi connectivity index (χ1) is 7.50. The van der Waals surface area contributed by atoms with Gasteiger partial charge in [-0.25, -0.2) is 8.42 Å². The van der Waals surface area contributed by atoms with Crippen LogP contribution in [0.5, 0.6) is 5.88 Å².